The molecule has 1 aliphatic rings. The fourth-order valence-electron chi connectivity index (χ4n) is 4.02. The molecule has 1 unspecified atom stereocenters. The van der Waals surface area contributed by atoms with E-state index in [2.05, 4.69) is 65.8 Å². The van der Waals surface area contributed by atoms with Crippen LogP contribution in [0.4, 0.5) is 0 Å². The van der Waals surface area contributed by atoms with E-state index in [0.717, 1.165) is 24.5 Å². The molecule has 2 nitrogen and oxygen atoms in total. The number of benzene rings is 1. The van der Waals surface area contributed by atoms with Gasteiger partial charge in [-0.25, -0.2) is 0 Å². The fraction of sp³-hybridized carbons (Fsp3) is 0.769. The van der Waals surface area contributed by atoms with Crippen LogP contribution in [0, 0.1) is 11.3 Å². The Morgan fingerprint density at radius 1 is 1.00 bits per heavy atom. The lowest BCUT2D eigenvalue weighted by Gasteiger charge is -2.40. The summed E-state index contributed by atoms with van der Waals surface area (Å²) in [5, 5.41) is 0. The molecule has 162 valence electrons. The Hall–Kier alpha value is -1.02. The molecule has 0 saturated heterocycles. The Labute approximate surface area is 175 Å². The van der Waals surface area contributed by atoms with Crippen LogP contribution in [0.5, 0.6) is 5.75 Å². The van der Waals surface area contributed by atoms with Crippen molar-refractivity contribution in [1.82, 2.24) is 0 Å². The first-order valence-corrected chi connectivity index (χ1v) is 11.9. The highest BCUT2D eigenvalue weighted by atomic mass is 16.7. The summed E-state index contributed by atoms with van der Waals surface area (Å²) >= 11 is 0. The van der Waals surface area contributed by atoms with E-state index in [-0.39, 0.29) is 6.29 Å². The molecule has 1 aromatic rings. The van der Waals surface area contributed by atoms with Crippen molar-refractivity contribution in [3.8, 4) is 5.75 Å². The highest BCUT2D eigenvalue weighted by molar-refractivity contribution is 5.27. The third kappa shape index (κ3) is 8.99. The summed E-state index contributed by atoms with van der Waals surface area (Å²) in [5.74, 6) is 1.82. The first-order valence-electron chi connectivity index (χ1n) is 11.9. The molecular weight excluding hydrogens is 344 g/mol. The Morgan fingerprint density at radius 3 is 2.11 bits per heavy atom. The van der Waals surface area contributed by atoms with E-state index in [4.69, 9.17) is 9.47 Å². The van der Waals surface area contributed by atoms with Gasteiger partial charge >= 0.3 is 0 Å². The van der Waals surface area contributed by atoms with Gasteiger partial charge in [0.15, 0.2) is 6.29 Å². The van der Waals surface area contributed by atoms with Gasteiger partial charge in [-0.05, 0) is 61.6 Å². The third-order valence-electron chi connectivity index (χ3n) is 6.05. The van der Waals surface area contributed by atoms with Gasteiger partial charge in [0.05, 0.1) is 0 Å². The summed E-state index contributed by atoms with van der Waals surface area (Å²) in [4.78, 5) is 0. The van der Waals surface area contributed by atoms with E-state index in [9.17, 15) is 0 Å². The largest absolute Gasteiger partial charge is 0.465 e. The minimum absolute atomic E-state index is 0.125. The number of unbranched alkanes of at least 4 members (excludes halogenated alkanes) is 1. The molecule has 1 fully saturated rings. The maximum absolute atomic E-state index is 6.25. The number of rotatable bonds is 10. The maximum atomic E-state index is 6.25. The van der Waals surface area contributed by atoms with Crippen molar-refractivity contribution in [3.05, 3.63) is 29.8 Å². The van der Waals surface area contributed by atoms with Crippen LogP contribution in [0.25, 0.3) is 0 Å². The van der Waals surface area contributed by atoms with Crippen LogP contribution in [-0.4, -0.2) is 12.9 Å². The first kappa shape index (κ1) is 25.0. The third-order valence-corrected chi connectivity index (χ3v) is 6.05. The molecule has 0 N–H and O–H groups in total. The molecular formula is C26H46O2. The van der Waals surface area contributed by atoms with Crippen LogP contribution < -0.4 is 4.74 Å². The maximum Gasteiger partial charge on any atom is 0.200 e. The molecule has 0 aromatic heterocycles. The standard InChI is InChI=1S/C23H38O2.C3H8/c1-5-8-9-20-10-12-21(13-11-20)25-22(24-7-3)18-23(6-2)16-14-19(4)15-17-23;1-3-2/h10-13,19,22H,5-9,14-18H2,1-4H3;3H2,1-2H3. The first-order chi connectivity index (χ1) is 13.5. The van der Waals surface area contributed by atoms with Crippen LogP contribution in [-0.2, 0) is 11.2 Å². The molecule has 0 heterocycles. The second-order valence-corrected chi connectivity index (χ2v) is 8.70. The van der Waals surface area contributed by atoms with Gasteiger partial charge in [-0.3, -0.25) is 0 Å². The smallest absolute Gasteiger partial charge is 0.200 e. The number of hydrogen-bond acceptors (Lipinski definition) is 2. The van der Waals surface area contributed by atoms with Gasteiger partial charge in [0.2, 0.25) is 0 Å². The molecule has 0 bridgehead atoms. The minimum atomic E-state index is -0.125. The highest BCUT2D eigenvalue weighted by Gasteiger charge is 2.35. The van der Waals surface area contributed by atoms with E-state index in [1.165, 1.54) is 56.9 Å². The molecule has 1 atom stereocenters. The summed E-state index contributed by atoms with van der Waals surface area (Å²) in [6, 6.07) is 8.62. The fourth-order valence-corrected chi connectivity index (χ4v) is 4.02. The van der Waals surface area contributed by atoms with Crippen molar-refractivity contribution in [2.75, 3.05) is 6.61 Å². The Bertz CT molecular complexity index is 486. The van der Waals surface area contributed by atoms with Gasteiger partial charge in [-0.2, -0.15) is 0 Å². The quantitative estimate of drug-likeness (QED) is 0.375. The van der Waals surface area contributed by atoms with Crippen LogP contribution in [0.3, 0.4) is 0 Å². The molecule has 0 spiro atoms. The van der Waals surface area contributed by atoms with Gasteiger partial charge in [0.25, 0.3) is 0 Å². The van der Waals surface area contributed by atoms with Crippen molar-refractivity contribution < 1.29 is 9.47 Å². The average molecular weight is 391 g/mol. The normalized spacial score (nSPS) is 22.9. The molecule has 1 aliphatic carbocycles. The van der Waals surface area contributed by atoms with E-state index in [1.807, 2.05) is 0 Å². The zero-order chi connectivity index (χ0) is 20.8. The lowest BCUT2D eigenvalue weighted by Crippen LogP contribution is -2.34. The molecule has 2 heteroatoms. The number of aryl methyl sites for hydroxylation is 1. The zero-order valence-electron chi connectivity index (χ0n) is 19.6. The lowest BCUT2D eigenvalue weighted by molar-refractivity contribution is -0.108. The summed E-state index contributed by atoms with van der Waals surface area (Å²) in [6.07, 6.45) is 12.3. The predicted molar refractivity (Wildman–Crippen MR) is 122 cm³/mol. The second-order valence-electron chi connectivity index (χ2n) is 8.70. The van der Waals surface area contributed by atoms with Crippen LogP contribution in [0.15, 0.2) is 24.3 Å². The van der Waals surface area contributed by atoms with Gasteiger partial charge in [0.1, 0.15) is 5.75 Å². The van der Waals surface area contributed by atoms with Crippen molar-refractivity contribution >= 4 is 0 Å². The van der Waals surface area contributed by atoms with Crippen LogP contribution in [0.2, 0.25) is 0 Å². The summed E-state index contributed by atoms with van der Waals surface area (Å²) < 4.78 is 12.2. The van der Waals surface area contributed by atoms with Crippen molar-refractivity contribution in [2.45, 2.75) is 112 Å². The molecule has 28 heavy (non-hydrogen) atoms. The van der Waals surface area contributed by atoms with E-state index < -0.39 is 0 Å². The van der Waals surface area contributed by atoms with Crippen LogP contribution >= 0.6 is 0 Å². The predicted octanol–water partition coefficient (Wildman–Crippen LogP) is 8.18. The summed E-state index contributed by atoms with van der Waals surface area (Å²) in [6.45, 7) is 14.0. The molecule has 1 aromatic carbocycles. The lowest BCUT2D eigenvalue weighted by atomic mass is 9.67. The van der Waals surface area contributed by atoms with E-state index in [0.29, 0.717) is 12.0 Å². The number of hydrogen-bond donors (Lipinski definition) is 0. The molecule has 0 aliphatic heterocycles. The van der Waals surface area contributed by atoms with Gasteiger partial charge in [0, 0.05) is 13.0 Å². The Morgan fingerprint density at radius 2 is 1.61 bits per heavy atom. The summed E-state index contributed by atoms with van der Waals surface area (Å²) in [7, 11) is 0. The monoisotopic (exact) mass is 390 g/mol. The van der Waals surface area contributed by atoms with Gasteiger partial charge in [-0.1, -0.05) is 78.9 Å². The molecule has 2 rings (SSSR count). The van der Waals surface area contributed by atoms with Crippen LogP contribution in [0.1, 0.15) is 105 Å². The van der Waals surface area contributed by atoms with E-state index >= 15 is 0 Å². The van der Waals surface area contributed by atoms with Gasteiger partial charge in [-0.15, -0.1) is 0 Å². The molecule has 0 amide bonds. The summed E-state index contributed by atoms with van der Waals surface area (Å²) in [5.41, 5.74) is 1.79. The molecule has 1 saturated carbocycles. The van der Waals surface area contributed by atoms with Crippen molar-refractivity contribution in [3.63, 3.8) is 0 Å². The second kappa shape index (κ2) is 14.0. The van der Waals surface area contributed by atoms with Crippen molar-refractivity contribution in [1.29, 1.82) is 0 Å². The Balaban J connectivity index is 0.00000122. The average Bonchev–Trinajstić information content (AvgIpc) is 2.70. The Kier molecular flexibility index (Phi) is 12.5. The number of ether oxygens (including phenoxy) is 2. The van der Waals surface area contributed by atoms with E-state index in [1.54, 1.807) is 0 Å². The highest BCUT2D eigenvalue weighted by Crippen LogP contribution is 2.45. The molecule has 0 radical (unpaired) electrons. The SMILES string of the molecule is CCC.CCCCc1ccc(OC(CC2(CC)CCC(C)CC2)OCC)cc1. The van der Waals surface area contributed by atoms with Crippen molar-refractivity contribution in [2.24, 2.45) is 11.3 Å². The topological polar surface area (TPSA) is 18.5 Å². The minimum Gasteiger partial charge on any atom is -0.465 e. The zero-order valence-corrected chi connectivity index (χ0v) is 19.6. The van der Waals surface area contributed by atoms with Gasteiger partial charge < -0.3 is 9.47 Å².